The monoisotopic (exact) mass is 256 g/mol. The van der Waals surface area contributed by atoms with Gasteiger partial charge >= 0.3 is 0 Å². The SMILES string of the molecule is CC(=O)C1(c2cccc(F)c2Br)CC1. The molecule has 0 spiro atoms. The molecule has 0 amide bonds. The zero-order valence-corrected chi connectivity index (χ0v) is 9.40. The molecule has 0 aromatic heterocycles. The molecule has 1 aromatic carbocycles. The molecule has 0 N–H and O–H groups in total. The van der Waals surface area contributed by atoms with E-state index >= 15 is 0 Å². The van der Waals surface area contributed by atoms with Crippen LogP contribution in [0.5, 0.6) is 0 Å². The second-order valence-corrected chi connectivity index (χ2v) is 4.53. The average molecular weight is 257 g/mol. The highest BCUT2D eigenvalue weighted by atomic mass is 79.9. The van der Waals surface area contributed by atoms with Crippen LogP contribution in [-0.2, 0) is 10.2 Å². The molecule has 1 aromatic rings. The lowest BCUT2D eigenvalue weighted by Crippen LogP contribution is -2.17. The van der Waals surface area contributed by atoms with E-state index in [-0.39, 0.29) is 11.6 Å². The van der Waals surface area contributed by atoms with Gasteiger partial charge in [0.05, 0.1) is 9.89 Å². The molecule has 74 valence electrons. The predicted molar refractivity (Wildman–Crippen MR) is 55.7 cm³/mol. The number of halogens is 2. The Morgan fingerprint density at radius 2 is 2.14 bits per heavy atom. The van der Waals surface area contributed by atoms with Crippen LogP contribution in [0.4, 0.5) is 4.39 Å². The Morgan fingerprint density at radius 3 is 2.64 bits per heavy atom. The van der Waals surface area contributed by atoms with Crippen molar-refractivity contribution < 1.29 is 9.18 Å². The van der Waals surface area contributed by atoms with Gasteiger partial charge in [0.1, 0.15) is 11.6 Å². The fraction of sp³-hybridized carbons (Fsp3) is 0.364. The zero-order valence-electron chi connectivity index (χ0n) is 7.81. The summed E-state index contributed by atoms with van der Waals surface area (Å²) in [7, 11) is 0. The van der Waals surface area contributed by atoms with Crippen molar-refractivity contribution in [3.63, 3.8) is 0 Å². The van der Waals surface area contributed by atoms with Crippen molar-refractivity contribution in [2.75, 3.05) is 0 Å². The first-order valence-electron chi connectivity index (χ1n) is 4.53. The minimum Gasteiger partial charge on any atom is -0.299 e. The summed E-state index contributed by atoms with van der Waals surface area (Å²) in [6.45, 7) is 1.57. The van der Waals surface area contributed by atoms with Crippen LogP contribution in [0.2, 0.25) is 0 Å². The third-order valence-electron chi connectivity index (χ3n) is 2.89. The van der Waals surface area contributed by atoms with Crippen LogP contribution in [-0.4, -0.2) is 5.78 Å². The molecular formula is C11H10BrFO. The van der Waals surface area contributed by atoms with Crippen LogP contribution in [0, 0.1) is 5.82 Å². The summed E-state index contributed by atoms with van der Waals surface area (Å²) in [5.74, 6) is -0.168. The van der Waals surface area contributed by atoms with Crippen LogP contribution < -0.4 is 0 Å². The average Bonchev–Trinajstić information content (AvgIpc) is 2.90. The number of carbonyl (C=O) groups is 1. The predicted octanol–water partition coefficient (Wildman–Crippen LogP) is 3.21. The smallest absolute Gasteiger partial charge is 0.140 e. The summed E-state index contributed by atoms with van der Waals surface area (Å²) < 4.78 is 13.7. The zero-order chi connectivity index (χ0) is 10.3. The number of hydrogen-bond acceptors (Lipinski definition) is 1. The van der Waals surface area contributed by atoms with Gasteiger partial charge in [0.25, 0.3) is 0 Å². The van der Waals surface area contributed by atoms with E-state index in [2.05, 4.69) is 15.9 Å². The molecule has 0 radical (unpaired) electrons. The van der Waals surface area contributed by atoms with Crippen LogP contribution >= 0.6 is 15.9 Å². The highest BCUT2D eigenvalue weighted by molar-refractivity contribution is 9.10. The summed E-state index contributed by atoms with van der Waals surface area (Å²) in [5, 5.41) is 0. The van der Waals surface area contributed by atoms with E-state index in [9.17, 15) is 9.18 Å². The fourth-order valence-corrected chi connectivity index (χ4v) is 2.45. The van der Waals surface area contributed by atoms with Crippen molar-refractivity contribution in [3.8, 4) is 0 Å². The summed E-state index contributed by atoms with van der Waals surface area (Å²) in [5.41, 5.74) is 0.394. The van der Waals surface area contributed by atoms with Crippen LogP contribution in [0.25, 0.3) is 0 Å². The van der Waals surface area contributed by atoms with E-state index in [1.165, 1.54) is 6.07 Å². The molecule has 1 fully saturated rings. The molecule has 1 aliphatic carbocycles. The highest BCUT2D eigenvalue weighted by Crippen LogP contribution is 2.51. The first kappa shape index (κ1) is 9.84. The molecule has 14 heavy (non-hydrogen) atoms. The van der Waals surface area contributed by atoms with Gasteiger partial charge in [-0.05, 0) is 47.3 Å². The van der Waals surface area contributed by atoms with Crippen molar-refractivity contribution in [1.29, 1.82) is 0 Å². The van der Waals surface area contributed by atoms with E-state index in [1.807, 2.05) is 6.07 Å². The van der Waals surface area contributed by atoms with Crippen molar-refractivity contribution in [2.24, 2.45) is 0 Å². The number of benzene rings is 1. The molecule has 0 heterocycles. The van der Waals surface area contributed by atoms with Crippen LogP contribution in [0.1, 0.15) is 25.3 Å². The van der Waals surface area contributed by atoms with Gasteiger partial charge in [-0.3, -0.25) is 4.79 Å². The number of rotatable bonds is 2. The van der Waals surface area contributed by atoms with Gasteiger partial charge in [-0.25, -0.2) is 4.39 Å². The minimum atomic E-state index is -0.402. The second-order valence-electron chi connectivity index (χ2n) is 3.74. The topological polar surface area (TPSA) is 17.1 Å². The largest absolute Gasteiger partial charge is 0.299 e. The Balaban J connectivity index is 2.52. The highest BCUT2D eigenvalue weighted by Gasteiger charge is 2.50. The van der Waals surface area contributed by atoms with Gasteiger partial charge in [-0.15, -0.1) is 0 Å². The lowest BCUT2D eigenvalue weighted by Gasteiger charge is -2.13. The Kier molecular flexibility index (Phi) is 2.22. The summed E-state index contributed by atoms with van der Waals surface area (Å²) in [4.78, 5) is 11.4. The molecule has 2 rings (SSSR count). The molecule has 0 saturated heterocycles. The van der Waals surface area contributed by atoms with Crippen LogP contribution in [0.15, 0.2) is 22.7 Å². The maximum absolute atomic E-state index is 13.2. The van der Waals surface area contributed by atoms with E-state index in [0.717, 1.165) is 18.4 Å². The van der Waals surface area contributed by atoms with Crippen molar-refractivity contribution in [3.05, 3.63) is 34.1 Å². The van der Waals surface area contributed by atoms with Gasteiger partial charge in [0.15, 0.2) is 0 Å². The van der Waals surface area contributed by atoms with E-state index in [1.54, 1.807) is 13.0 Å². The summed E-state index contributed by atoms with van der Waals surface area (Å²) in [6, 6.07) is 4.86. The molecule has 1 aliphatic rings. The van der Waals surface area contributed by atoms with Gasteiger partial charge in [-0.1, -0.05) is 12.1 Å². The van der Waals surface area contributed by atoms with Gasteiger partial charge < -0.3 is 0 Å². The number of ketones is 1. The molecule has 3 heteroatoms. The summed E-state index contributed by atoms with van der Waals surface area (Å²) >= 11 is 3.20. The number of hydrogen-bond donors (Lipinski definition) is 0. The van der Waals surface area contributed by atoms with E-state index in [0.29, 0.717) is 4.47 Å². The lowest BCUT2D eigenvalue weighted by atomic mass is 9.92. The molecule has 1 saturated carbocycles. The molecule has 0 bridgehead atoms. The Morgan fingerprint density at radius 1 is 1.50 bits per heavy atom. The van der Waals surface area contributed by atoms with E-state index in [4.69, 9.17) is 0 Å². The third-order valence-corrected chi connectivity index (χ3v) is 3.70. The first-order chi connectivity index (χ1) is 6.58. The van der Waals surface area contributed by atoms with E-state index < -0.39 is 5.41 Å². The molecule has 0 aliphatic heterocycles. The standard InChI is InChI=1S/C11H10BrFO/c1-7(14)11(5-6-11)8-3-2-4-9(13)10(8)12/h2-4H,5-6H2,1H3. The molecule has 1 nitrogen and oxygen atoms in total. The maximum Gasteiger partial charge on any atom is 0.140 e. The fourth-order valence-electron chi connectivity index (χ4n) is 1.81. The molecular weight excluding hydrogens is 247 g/mol. The maximum atomic E-state index is 13.2. The molecule has 0 unspecified atom stereocenters. The number of Topliss-reactive ketones (excluding diaryl/α,β-unsaturated/α-hetero) is 1. The molecule has 0 atom stereocenters. The Bertz CT molecular complexity index is 396. The second kappa shape index (κ2) is 3.16. The summed E-state index contributed by atoms with van der Waals surface area (Å²) in [6.07, 6.45) is 1.68. The normalized spacial score (nSPS) is 17.9. The Hall–Kier alpha value is -0.700. The van der Waals surface area contributed by atoms with Gasteiger partial charge in [-0.2, -0.15) is 0 Å². The van der Waals surface area contributed by atoms with Gasteiger partial charge in [0.2, 0.25) is 0 Å². The van der Waals surface area contributed by atoms with Crippen LogP contribution in [0.3, 0.4) is 0 Å². The quantitative estimate of drug-likeness (QED) is 0.795. The third kappa shape index (κ3) is 1.31. The minimum absolute atomic E-state index is 0.129. The van der Waals surface area contributed by atoms with Crippen molar-refractivity contribution in [2.45, 2.75) is 25.2 Å². The number of carbonyl (C=O) groups excluding carboxylic acids is 1. The Labute approximate surface area is 90.4 Å². The van der Waals surface area contributed by atoms with Gasteiger partial charge in [0, 0.05) is 0 Å². The van der Waals surface area contributed by atoms with Crippen molar-refractivity contribution >= 4 is 21.7 Å². The van der Waals surface area contributed by atoms with Crippen molar-refractivity contribution in [1.82, 2.24) is 0 Å². The lowest BCUT2D eigenvalue weighted by molar-refractivity contribution is -0.119. The first-order valence-corrected chi connectivity index (χ1v) is 5.33.